The van der Waals surface area contributed by atoms with Gasteiger partial charge in [-0.05, 0) is 54.0 Å². The highest BCUT2D eigenvalue weighted by atomic mass is 79.9. The first-order valence-corrected chi connectivity index (χ1v) is 6.15. The monoisotopic (exact) mass is 289 g/mol. The minimum atomic E-state index is 0.333. The van der Waals surface area contributed by atoms with Crippen molar-refractivity contribution < 1.29 is 4.74 Å². The molecule has 2 rings (SSSR count). The van der Waals surface area contributed by atoms with E-state index in [9.17, 15) is 0 Å². The molecule has 1 aliphatic carbocycles. The summed E-state index contributed by atoms with van der Waals surface area (Å²) in [5, 5.41) is 3.95. The largest absolute Gasteiger partial charge is 0.489 e. The van der Waals surface area contributed by atoms with Gasteiger partial charge in [0, 0.05) is 11.1 Å². The summed E-state index contributed by atoms with van der Waals surface area (Å²) in [5.74, 6) is 0.874. The van der Waals surface area contributed by atoms with Crippen LogP contribution in [-0.2, 0) is 0 Å². The Morgan fingerprint density at radius 1 is 1.47 bits per heavy atom. The Labute approximate surface area is 103 Å². The topological polar surface area (TPSA) is 21.3 Å². The molecular formula is C11H13BrClNO. The maximum absolute atomic E-state index is 5.85. The van der Waals surface area contributed by atoms with Crippen LogP contribution in [0.1, 0.15) is 12.8 Å². The van der Waals surface area contributed by atoms with E-state index in [2.05, 4.69) is 21.2 Å². The molecule has 1 aliphatic rings. The van der Waals surface area contributed by atoms with E-state index >= 15 is 0 Å². The van der Waals surface area contributed by atoms with Gasteiger partial charge < -0.3 is 10.1 Å². The molecule has 0 aromatic heterocycles. The van der Waals surface area contributed by atoms with Crippen molar-refractivity contribution >= 4 is 27.5 Å². The first-order valence-electron chi connectivity index (χ1n) is 4.98. The zero-order chi connectivity index (χ0) is 10.8. The summed E-state index contributed by atoms with van der Waals surface area (Å²) in [6.45, 7) is 0. The van der Waals surface area contributed by atoms with Gasteiger partial charge in [0.05, 0.1) is 4.47 Å². The molecule has 82 valence electrons. The molecule has 0 saturated heterocycles. The molecule has 2 nitrogen and oxygen atoms in total. The molecule has 0 spiro atoms. The van der Waals surface area contributed by atoms with Crippen molar-refractivity contribution in [3.8, 4) is 5.75 Å². The van der Waals surface area contributed by atoms with Gasteiger partial charge in [-0.2, -0.15) is 0 Å². The van der Waals surface area contributed by atoms with Crippen LogP contribution in [0, 0.1) is 0 Å². The number of nitrogens with one attached hydrogen (secondary N) is 1. The highest BCUT2D eigenvalue weighted by Crippen LogP contribution is 2.32. The molecule has 1 saturated carbocycles. The zero-order valence-corrected chi connectivity index (χ0v) is 10.8. The molecule has 1 N–H and O–H groups in total. The second-order valence-electron chi connectivity index (χ2n) is 3.77. The predicted octanol–water partition coefficient (Wildman–Crippen LogP) is 3.23. The third-order valence-corrected chi connectivity index (χ3v) is 3.55. The molecule has 0 amide bonds. The fraction of sp³-hybridized carbons (Fsp3) is 0.455. The maximum Gasteiger partial charge on any atom is 0.133 e. The van der Waals surface area contributed by atoms with E-state index in [1.54, 1.807) is 0 Å². The highest BCUT2D eigenvalue weighted by Gasteiger charge is 2.29. The molecule has 1 aromatic rings. The summed E-state index contributed by atoms with van der Waals surface area (Å²) in [4.78, 5) is 0. The van der Waals surface area contributed by atoms with Gasteiger partial charge >= 0.3 is 0 Å². The fourth-order valence-corrected chi connectivity index (χ4v) is 2.42. The van der Waals surface area contributed by atoms with E-state index < -0.39 is 0 Å². The smallest absolute Gasteiger partial charge is 0.133 e. The third kappa shape index (κ3) is 2.65. The molecule has 0 aliphatic heterocycles. The quantitative estimate of drug-likeness (QED) is 0.923. The molecule has 0 radical (unpaired) electrons. The van der Waals surface area contributed by atoms with E-state index in [-0.39, 0.29) is 0 Å². The van der Waals surface area contributed by atoms with E-state index in [0.29, 0.717) is 12.1 Å². The SMILES string of the molecule is CNC1CC(Oc2ccc(Cl)cc2Br)C1. The van der Waals surface area contributed by atoms with Gasteiger partial charge in [-0.3, -0.25) is 0 Å². The van der Waals surface area contributed by atoms with Gasteiger partial charge in [-0.25, -0.2) is 0 Å². The van der Waals surface area contributed by atoms with Crippen LogP contribution in [0.3, 0.4) is 0 Å². The van der Waals surface area contributed by atoms with Crippen molar-refractivity contribution in [3.05, 3.63) is 27.7 Å². The number of benzene rings is 1. The lowest BCUT2D eigenvalue weighted by atomic mass is 9.89. The highest BCUT2D eigenvalue weighted by molar-refractivity contribution is 9.10. The van der Waals surface area contributed by atoms with Crippen LogP contribution in [0.2, 0.25) is 5.02 Å². The molecular weight excluding hydrogens is 277 g/mol. The second kappa shape index (κ2) is 4.73. The van der Waals surface area contributed by atoms with Crippen molar-refractivity contribution in [2.24, 2.45) is 0 Å². The Bertz CT molecular complexity index is 352. The third-order valence-electron chi connectivity index (χ3n) is 2.69. The number of ether oxygens (including phenoxy) is 1. The second-order valence-corrected chi connectivity index (χ2v) is 5.06. The summed E-state index contributed by atoms with van der Waals surface area (Å²) in [6.07, 6.45) is 2.48. The van der Waals surface area contributed by atoms with Crippen LogP contribution in [0.25, 0.3) is 0 Å². The van der Waals surface area contributed by atoms with Gasteiger partial charge in [0.2, 0.25) is 0 Å². The summed E-state index contributed by atoms with van der Waals surface area (Å²) in [5.41, 5.74) is 0. The van der Waals surface area contributed by atoms with Gasteiger partial charge in [0.15, 0.2) is 0 Å². The van der Waals surface area contributed by atoms with Crippen LogP contribution in [0.15, 0.2) is 22.7 Å². The Kier molecular flexibility index (Phi) is 3.54. The minimum absolute atomic E-state index is 0.333. The van der Waals surface area contributed by atoms with Crippen LogP contribution in [-0.4, -0.2) is 19.2 Å². The van der Waals surface area contributed by atoms with Crippen molar-refractivity contribution in [2.45, 2.75) is 25.0 Å². The van der Waals surface area contributed by atoms with Gasteiger partial charge in [-0.15, -0.1) is 0 Å². The molecule has 4 heteroatoms. The Morgan fingerprint density at radius 3 is 2.80 bits per heavy atom. The fourth-order valence-electron chi connectivity index (χ4n) is 1.65. The summed E-state index contributed by atoms with van der Waals surface area (Å²) in [6, 6.07) is 6.21. The number of rotatable bonds is 3. The number of hydrogen-bond acceptors (Lipinski definition) is 2. The molecule has 1 fully saturated rings. The predicted molar refractivity (Wildman–Crippen MR) is 65.6 cm³/mol. The van der Waals surface area contributed by atoms with Crippen molar-refractivity contribution in [2.75, 3.05) is 7.05 Å². The van der Waals surface area contributed by atoms with Crippen LogP contribution >= 0.6 is 27.5 Å². The van der Waals surface area contributed by atoms with Crippen LogP contribution in [0.5, 0.6) is 5.75 Å². The van der Waals surface area contributed by atoms with Crippen LogP contribution in [0.4, 0.5) is 0 Å². The molecule has 1 aromatic carbocycles. The summed E-state index contributed by atoms with van der Waals surface area (Å²) < 4.78 is 6.74. The Morgan fingerprint density at radius 2 is 2.20 bits per heavy atom. The Hall–Kier alpha value is -0.250. The lowest BCUT2D eigenvalue weighted by Gasteiger charge is -2.35. The van der Waals surface area contributed by atoms with E-state index in [4.69, 9.17) is 16.3 Å². The lowest BCUT2D eigenvalue weighted by Crippen LogP contribution is -2.45. The van der Waals surface area contributed by atoms with Crippen molar-refractivity contribution in [3.63, 3.8) is 0 Å². The zero-order valence-electron chi connectivity index (χ0n) is 8.47. The number of hydrogen-bond donors (Lipinski definition) is 1. The van der Waals surface area contributed by atoms with Crippen molar-refractivity contribution in [1.82, 2.24) is 5.32 Å². The molecule has 0 bridgehead atoms. The van der Waals surface area contributed by atoms with E-state index in [1.165, 1.54) is 0 Å². The summed E-state index contributed by atoms with van der Waals surface area (Å²) in [7, 11) is 1.99. The average molecular weight is 291 g/mol. The standard InChI is InChI=1S/C11H13BrClNO/c1-14-8-5-9(6-8)15-11-3-2-7(13)4-10(11)12/h2-4,8-9,14H,5-6H2,1H3. The van der Waals surface area contributed by atoms with Crippen LogP contribution < -0.4 is 10.1 Å². The lowest BCUT2D eigenvalue weighted by molar-refractivity contribution is 0.0877. The minimum Gasteiger partial charge on any atom is -0.489 e. The average Bonchev–Trinajstić information content (AvgIpc) is 2.13. The van der Waals surface area contributed by atoms with Gasteiger partial charge in [0.25, 0.3) is 0 Å². The molecule has 15 heavy (non-hydrogen) atoms. The van der Waals surface area contributed by atoms with E-state index in [0.717, 1.165) is 28.1 Å². The normalized spacial score (nSPS) is 24.7. The summed E-state index contributed by atoms with van der Waals surface area (Å²) >= 11 is 9.29. The van der Waals surface area contributed by atoms with E-state index in [1.807, 2.05) is 25.2 Å². The first kappa shape index (κ1) is 11.2. The molecule has 0 unspecified atom stereocenters. The molecule has 0 heterocycles. The number of halogens is 2. The van der Waals surface area contributed by atoms with Crippen molar-refractivity contribution in [1.29, 1.82) is 0 Å². The maximum atomic E-state index is 5.85. The van der Waals surface area contributed by atoms with Gasteiger partial charge in [0.1, 0.15) is 11.9 Å². The molecule has 0 atom stereocenters. The first-order chi connectivity index (χ1) is 7.19. The van der Waals surface area contributed by atoms with Gasteiger partial charge in [-0.1, -0.05) is 11.6 Å². The Balaban J connectivity index is 1.94.